The van der Waals surface area contributed by atoms with E-state index in [1.54, 1.807) is 42.5 Å². The van der Waals surface area contributed by atoms with Gasteiger partial charge >= 0.3 is 0 Å². The predicted octanol–water partition coefficient (Wildman–Crippen LogP) is 4.75. The van der Waals surface area contributed by atoms with Crippen LogP contribution in [0.5, 0.6) is 11.5 Å². The lowest BCUT2D eigenvalue weighted by atomic mass is 10.1. The summed E-state index contributed by atoms with van der Waals surface area (Å²) in [6, 6.07) is 17.4. The number of anilines is 1. The summed E-state index contributed by atoms with van der Waals surface area (Å²) in [6.07, 6.45) is 1.40. The Hall–Kier alpha value is -3.84. The highest BCUT2D eigenvalue weighted by Crippen LogP contribution is 2.22. The van der Waals surface area contributed by atoms with Crippen LogP contribution in [0.4, 0.5) is 5.69 Å². The Labute approximate surface area is 197 Å². The minimum absolute atomic E-state index is 0.202. The summed E-state index contributed by atoms with van der Waals surface area (Å²) in [5.74, 6) is 0.265. The third-order valence-corrected chi connectivity index (χ3v) is 4.93. The molecular formula is C25H24ClN3O4. The molecule has 0 aromatic heterocycles. The number of methoxy groups -OCH3 is 1. The number of halogens is 1. The van der Waals surface area contributed by atoms with Crippen LogP contribution < -0.4 is 20.2 Å². The van der Waals surface area contributed by atoms with Crippen molar-refractivity contribution in [2.75, 3.05) is 19.0 Å². The molecule has 33 heavy (non-hydrogen) atoms. The second kappa shape index (κ2) is 11.2. The van der Waals surface area contributed by atoms with Gasteiger partial charge in [-0.05, 0) is 67.4 Å². The van der Waals surface area contributed by atoms with Crippen molar-refractivity contribution >= 4 is 35.3 Å². The number of amides is 2. The first-order valence-corrected chi connectivity index (χ1v) is 10.5. The molecule has 2 amide bonds. The van der Waals surface area contributed by atoms with Gasteiger partial charge in [0.2, 0.25) is 0 Å². The van der Waals surface area contributed by atoms with Crippen LogP contribution in [0.2, 0.25) is 5.02 Å². The third kappa shape index (κ3) is 6.82. The zero-order chi connectivity index (χ0) is 23.8. The van der Waals surface area contributed by atoms with E-state index in [2.05, 4.69) is 15.8 Å². The molecule has 0 aliphatic rings. The Balaban J connectivity index is 1.64. The van der Waals surface area contributed by atoms with Crippen LogP contribution in [0.1, 0.15) is 27.0 Å². The average molecular weight is 466 g/mol. The van der Waals surface area contributed by atoms with Gasteiger partial charge in [-0.1, -0.05) is 29.8 Å². The number of nitrogens with zero attached hydrogens (tertiary/aromatic N) is 1. The molecule has 0 saturated carbocycles. The van der Waals surface area contributed by atoms with Gasteiger partial charge in [-0.3, -0.25) is 9.59 Å². The van der Waals surface area contributed by atoms with Crippen molar-refractivity contribution in [2.45, 2.75) is 13.8 Å². The van der Waals surface area contributed by atoms with Crippen LogP contribution in [0.15, 0.2) is 65.8 Å². The summed E-state index contributed by atoms with van der Waals surface area (Å²) in [5.41, 5.74) is 6.10. The molecule has 0 radical (unpaired) electrons. The smallest absolute Gasteiger partial charge is 0.271 e. The molecule has 0 atom stereocenters. The van der Waals surface area contributed by atoms with E-state index in [-0.39, 0.29) is 12.5 Å². The highest BCUT2D eigenvalue weighted by molar-refractivity contribution is 6.30. The molecule has 3 rings (SSSR count). The Morgan fingerprint density at radius 3 is 2.67 bits per heavy atom. The van der Waals surface area contributed by atoms with Crippen LogP contribution >= 0.6 is 11.6 Å². The normalized spacial score (nSPS) is 10.7. The molecule has 0 fully saturated rings. The highest BCUT2D eigenvalue weighted by atomic mass is 35.5. The van der Waals surface area contributed by atoms with E-state index in [9.17, 15) is 9.59 Å². The summed E-state index contributed by atoms with van der Waals surface area (Å²) in [4.78, 5) is 24.7. The molecule has 7 nitrogen and oxygen atoms in total. The van der Waals surface area contributed by atoms with Crippen LogP contribution in [-0.2, 0) is 4.79 Å². The molecule has 3 aromatic rings. The van der Waals surface area contributed by atoms with Crippen molar-refractivity contribution in [1.82, 2.24) is 5.43 Å². The van der Waals surface area contributed by atoms with E-state index < -0.39 is 5.91 Å². The number of carbonyl (C=O) groups excluding carboxylic acids is 2. The molecule has 0 bridgehead atoms. The number of nitrogens with one attached hydrogen (secondary N) is 2. The molecule has 8 heteroatoms. The zero-order valence-corrected chi connectivity index (χ0v) is 19.3. The van der Waals surface area contributed by atoms with Gasteiger partial charge in [-0.15, -0.1) is 0 Å². The lowest BCUT2D eigenvalue weighted by molar-refractivity contribution is -0.118. The fourth-order valence-corrected chi connectivity index (χ4v) is 3.12. The van der Waals surface area contributed by atoms with Gasteiger partial charge in [0.1, 0.15) is 11.5 Å². The van der Waals surface area contributed by atoms with Crippen LogP contribution in [0, 0.1) is 13.8 Å². The van der Waals surface area contributed by atoms with Crippen molar-refractivity contribution in [3.05, 3.63) is 87.9 Å². The van der Waals surface area contributed by atoms with Gasteiger partial charge in [-0.25, -0.2) is 5.43 Å². The first-order chi connectivity index (χ1) is 15.9. The predicted molar refractivity (Wildman–Crippen MR) is 130 cm³/mol. The number of benzene rings is 3. The maximum Gasteiger partial charge on any atom is 0.271 e. The van der Waals surface area contributed by atoms with Gasteiger partial charge in [0.25, 0.3) is 11.8 Å². The van der Waals surface area contributed by atoms with E-state index in [0.29, 0.717) is 27.6 Å². The van der Waals surface area contributed by atoms with E-state index in [1.807, 2.05) is 32.0 Å². The number of ether oxygens (including phenoxy) is 2. The number of hydrogen-bond acceptors (Lipinski definition) is 5. The molecule has 0 spiro atoms. The molecule has 0 aliphatic heterocycles. The molecule has 0 saturated heterocycles. The fourth-order valence-electron chi connectivity index (χ4n) is 2.94. The average Bonchev–Trinajstić information content (AvgIpc) is 2.81. The Kier molecular flexibility index (Phi) is 8.05. The molecule has 2 N–H and O–H groups in total. The van der Waals surface area contributed by atoms with E-state index in [4.69, 9.17) is 21.1 Å². The number of aryl methyl sites for hydroxylation is 2. The van der Waals surface area contributed by atoms with Crippen molar-refractivity contribution in [2.24, 2.45) is 5.10 Å². The number of hydrazone groups is 1. The summed E-state index contributed by atoms with van der Waals surface area (Å²) in [5, 5.41) is 7.29. The molecule has 3 aromatic carbocycles. The number of carbonyl (C=O) groups is 2. The van der Waals surface area contributed by atoms with E-state index in [0.717, 1.165) is 16.8 Å². The van der Waals surface area contributed by atoms with Crippen LogP contribution in [0.3, 0.4) is 0 Å². The minimum Gasteiger partial charge on any atom is -0.497 e. The van der Waals surface area contributed by atoms with E-state index in [1.165, 1.54) is 13.3 Å². The maximum atomic E-state index is 12.4. The summed E-state index contributed by atoms with van der Waals surface area (Å²) < 4.78 is 10.8. The van der Waals surface area contributed by atoms with Gasteiger partial charge in [0, 0.05) is 21.8 Å². The minimum atomic E-state index is -0.400. The SMILES string of the molecule is COc1cccc(C(=O)N/N=C/c2cc(Cl)ccc2OCC(=O)Nc2cc(C)ccc2C)c1. The van der Waals surface area contributed by atoms with Gasteiger partial charge in [0.15, 0.2) is 6.61 Å². The summed E-state index contributed by atoms with van der Waals surface area (Å²) in [7, 11) is 1.53. The quantitative estimate of drug-likeness (QED) is 0.371. The Morgan fingerprint density at radius 1 is 1.06 bits per heavy atom. The van der Waals surface area contributed by atoms with Crippen molar-refractivity contribution in [1.29, 1.82) is 0 Å². The van der Waals surface area contributed by atoms with Gasteiger partial charge in [-0.2, -0.15) is 5.10 Å². The molecule has 0 heterocycles. The molecular weight excluding hydrogens is 442 g/mol. The largest absolute Gasteiger partial charge is 0.497 e. The topological polar surface area (TPSA) is 89.0 Å². The van der Waals surface area contributed by atoms with Crippen LogP contribution in [0.25, 0.3) is 0 Å². The summed E-state index contributed by atoms with van der Waals surface area (Å²) in [6.45, 7) is 3.67. The maximum absolute atomic E-state index is 12.4. The first-order valence-electron chi connectivity index (χ1n) is 10.1. The van der Waals surface area contributed by atoms with Crippen molar-refractivity contribution < 1.29 is 19.1 Å². The monoisotopic (exact) mass is 465 g/mol. The van der Waals surface area contributed by atoms with Crippen LogP contribution in [-0.4, -0.2) is 31.7 Å². The highest BCUT2D eigenvalue weighted by Gasteiger charge is 2.10. The molecule has 170 valence electrons. The molecule has 0 aliphatic carbocycles. The van der Waals surface area contributed by atoms with Crippen molar-refractivity contribution in [3.8, 4) is 11.5 Å². The zero-order valence-electron chi connectivity index (χ0n) is 18.5. The second-order valence-electron chi connectivity index (χ2n) is 7.27. The first kappa shape index (κ1) is 23.8. The van der Waals surface area contributed by atoms with Crippen molar-refractivity contribution in [3.63, 3.8) is 0 Å². The third-order valence-electron chi connectivity index (χ3n) is 4.70. The standard InChI is InChI=1S/C25H24ClN3O4/c1-16-7-8-17(2)22(11-16)28-24(30)15-33-23-10-9-20(26)12-19(23)14-27-29-25(31)18-5-4-6-21(13-18)32-3/h4-14H,15H2,1-3H3,(H,28,30)(H,29,31)/b27-14+. The molecule has 0 unspecified atom stereocenters. The lowest BCUT2D eigenvalue weighted by Crippen LogP contribution is -2.21. The number of hydrogen-bond donors (Lipinski definition) is 2. The van der Waals surface area contributed by atoms with E-state index >= 15 is 0 Å². The Bertz CT molecular complexity index is 1190. The Morgan fingerprint density at radius 2 is 1.88 bits per heavy atom. The lowest BCUT2D eigenvalue weighted by Gasteiger charge is -2.12. The van der Waals surface area contributed by atoms with Gasteiger partial charge < -0.3 is 14.8 Å². The summed E-state index contributed by atoms with van der Waals surface area (Å²) >= 11 is 6.09. The van der Waals surface area contributed by atoms with Gasteiger partial charge in [0.05, 0.1) is 13.3 Å². The number of rotatable bonds is 8. The second-order valence-corrected chi connectivity index (χ2v) is 7.70. The fraction of sp³-hybridized carbons (Fsp3) is 0.160.